The van der Waals surface area contributed by atoms with E-state index in [0.717, 1.165) is 67.5 Å². The van der Waals surface area contributed by atoms with Gasteiger partial charge in [0.05, 0.1) is 11.4 Å². The Morgan fingerprint density at radius 2 is 1.70 bits per heavy atom. The number of nitrogens with zero attached hydrogens (tertiary/aromatic N) is 4. The third kappa shape index (κ3) is 5.01. The number of likely N-dealkylation sites (tertiary alicyclic amines) is 1. The van der Waals surface area contributed by atoms with Gasteiger partial charge in [-0.3, -0.25) is 9.88 Å². The molecule has 2 aliphatic heterocycles. The van der Waals surface area contributed by atoms with E-state index in [4.69, 9.17) is 14.5 Å². The zero-order chi connectivity index (χ0) is 27.5. The first-order valence-corrected chi connectivity index (χ1v) is 15.0. The van der Waals surface area contributed by atoms with Crippen LogP contribution < -0.4 is 9.47 Å². The fourth-order valence-electron chi connectivity index (χ4n) is 6.46. The minimum atomic E-state index is 0.323. The van der Waals surface area contributed by atoms with E-state index >= 15 is 0 Å². The molecule has 1 atom stereocenters. The van der Waals surface area contributed by atoms with Crippen molar-refractivity contribution in [2.75, 3.05) is 19.8 Å². The largest absolute Gasteiger partial charge is 0.486 e. The number of fused-ring (bicyclic) bond motifs is 1. The Morgan fingerprint density at radius 3 is 2.42 bits per heavy atom. The molecule has 0 bridgehead atoms. The van der Waals surface area contributed by atoms with Gasteiger partial charge in [-0.2, -0.15) is 0 Å². The molecule has 0 aliphatic carbocycles. The van der Waals surface area contributed by atoms with Crippen molar-refractivity contribution in [2.24, 2.45) is 0 Å². The fourth-order valence-corrected chi connectivity index (χ4v) is 6.46. The summed E-state index contributed by atoms with van der Waals surface area (Å²) in [6.45, 7) is 10.7. The van der Waals surface area contributed by atoms with Gasteiger partial charge in [-0.05, 0) is 80.1 Å². The predicted octanol–water partition coefficient (Wildman–Crippen LogP) is 7.26. The van der Waals surface area contributed by atoms with Crippen molar-refractivity contribution in [3.63, 3.8) is 0 Å². The molecule has 1 saturated heterocycles. The number of piperidine rings is 1. The molecule has 6 heteroatoms. The number of aryl methyl sites for hydroxylation is 2. The lowest BCUT2D eigenvalue weighted by atomic mass is 9.94. The van der Waals surface area contributed by atoms with Crippen LogP contribution in [-0.2, 0) is 25.9 Å². The summed E-state index contributed by atoms with van der Waals surface area (Å²) in [6.07, 6.45) is 9.32. The summed E-state index contributed by atoms with van der Waals surface area (Å²) >= 11 is 0. The third-order valence-electron chi connectivity index (χ3n) is 8.46. The Balaban J connectivity index is 1.45. The second-order valence-electron chi connectivity index (χ2n) is 10.8. The SMILES string of the molecule is CCc1cccc(CC)c1-c1nc(-c2cccnc2)c(CN2CCCCC2c2ccc3c(c2)OCCO3)n1CC. The quantitative estimate of drug-likeness (QED) is 0.237. The standard InChI is InChI=1S/C34H40N4O2/c1-4-24-11-9-12-25(5-2)32(24)34-36-33(27-13-10-17-35-22-27)29(38(34)6-3)23-37-18-8-7-14-28(37)26-15-16-30-31(21-26)40-20-19-39-30/h9-13,15-17,21-22,28H,4-8,14,18-20,23H2,1-3H3. The molecular formula is C34H40N4O2. The lowest BCUT2D eigenvalue weighted by Crippen LogP contribution is -2.34. The van der Waals surface area contributed by atoms with Gasteiger partial charge in [-0.15, -0.1) is 0 Å². The Kier molecular flexibility index (Phi) is 7.87. The predicted molar refractivity (Wildman–Crippen MR) is 160 cm³/mol. The maximum atomic E-state index is 5.95. The smallest absolute Gasteiger partial charge is 0.161 e. The minimum absolute atomic E-state index is 0.323. The lowest BCUT2D eigenvalue weighted by Gasteiger charge is -2.37. The second-order valence-corrected chi connectivity index (χ2v) is 10.8. The molecule has 2 aliphatic rings. The van der Waals surface area contributed by atoms with Crippen LogP contribution in [0, 0.1) is 0 Å². The molecule has 208 valence electrons. The van der Waals surface area contributed by atoms with Gasteiger partial charge in [0.1, 0.15) is 19.0 Å². The first-order chi connectivity index (χ1) is 19.7. The number of aromatic nitrogens is 3. The molecule has 4 aromatic rings. The van der Waals surface area contributed by atoms with E-state index in [9.17, 15) is 0 Å². The van der Waals surface area contributed by atoms with E-state index in [0.29, 0.717) is 19.3 Å². The Hall–Kier alpha value is -3.64. The number of hydrogen-bond donors (Lipinski definition) is 0. The zero-order valence-electron chi connectivity index (χ0n) is 24.0. The van der Waals surface area contributed by atoms with E-state index in [1.165, 1.54) is 40.8 Å². The van der Waals surface area contributed by atoms with Gasteiger partial charge in [0.15, 0.2) is 11.5 Å². The van der Waals surface area contributed by atoms with Crippen molar-refractivity contribution in [2.45, 2.75) is 72.0 Å². The van der Waals surface area contributed by atoms with Gasteiger partial charge in [0.2, 0.25) is 0 Å². The molecule has 6 nitrogen and oxygen atoms in total. The summed E-state index contributed by atoms with van der Waals surface area (Å²) in [7, 11) is 0. The molecule has 1 unspecified atom stereocenters. The average Bonchev–Trinajstić information content (AvgIpc) is 3.38. The molecule has 0 radical (unpaired) electrons. The highest BCUT2D eigenvalue weighted by Crippen LogP contribution is 2.40. The monoisotopic (exact) mass is 536 g/mol. The van der Waals surface area contributed by atoms with E-state index in [-0.39, 0.29) is 0 Å². The fraction of sp³-hybridized carbons (Fsp3) is 0.412. The van der Waals surface area contributed by atoms with Gasteiger partial charge >= 0.3 is 0 Å². The number of ether oxygens (including phenoxy) is 2. The van der Waals surface area contributed by atoms with Gasteiger partial charge in [0.25, 0.3) is 0 Å². The molecule has 0 saturated carbocycles. The maximum absolute atomic E-state index is 5.95. The van der Waals surface area contributed by atoms with Crippen molar-refractivity contribution in [3.8, 4) is 34.1 Å². The summed E-state index contributed by atoms with van der Waals surface area (Å²) in [5, 5.41) is 0. The molecule has 2 aromatic heterocycles. The van der Waals surface area contributed by atoms with Crippen LogP contribution in [0.4, 0.5) is 0 Å². The van der Waals surface area contributed by atoms with E-state index in [2.05, 4.69) is 77.7 Å². The number of imidazole rings is 1. The topological polar surface area (TPSA) is 52.4 Å². The maximum Gasteiger partial charge on any atom is 0.161 e. The molecule has 1 fully saturated rings. The van der Waals surface area contributed by atoms with Crippen molar-refractivity contribution in [1.29, 1.82) is 0 Å². The second kappa shape index (κ2) is 11.8. The van der Waals surface area contributed by atoms with Crippen LogP contribution in [-0.4, -0.2) is 39.2 Å². The number of rotatable bonds is 8. The minimum Gasteiger partial charge on any atom is -0.486 e. The highest BCUT2D eigenvalue weighted by molar-refractivity contribution is 5.72. The molecule has 2 aromatic carbocycles. The van der Waals surface area contributed by atoms with E-state index in [1.807, 2.05) is 18.5 Å². The van der Waals surface area contributed by atoms with Crippen LogP contribution >= 0.6 is 0 Å². The van der Waals surface area contributed by atoms with Crippen LogP contribution in [0.25, 0.3) is 22.6 Å². The van der Waals surface area contributed by atoms with Crippen LogP contribution in [0.5, 0.6) is 11.5 Å². The molecule has 0 spiro atoms. The summed E-state index contributed by atoms with van der Waals surface area (Å²) in [5.74, 6) is 2.80. The van der Waals surface area contributed by atoms with Gasteiger partial charge in [0, 0.05) is 42.7 Å². The van der Waals surface area contributed by atoms with Crippen molar-refractivity contribution in [3.05, 3.63) is 83.3 Å². The molecule has 4 heterocycles. The third-order valence-corrected chi connectivity index (χ3v) is 8.46. The lowest BCUT2D eigenvalue weighted by molar-refractivity contribution is 0.135. The van der Waals surface area contributed by atoms with Gasteiger partial charge < -0.3 is 14.0 Å². The Labute approximate surface area is 238 Å². The van der Waals surface area contributed by atoms with Crippen LogP contribution in [0.2, 0.25) is 0 Å². The zero-order valence-corrected chi connectivity index (χ0v) is 24.0. The number of hydrogen-bond acceptors (Lipinski definition) is 5. The summed E-state index contributed by atoms with van der Waals surface area (Å²) < 4.78 is 14.2. The van der Waals surface area contributed by atoms with E-state index < -0.39 is 0 Å². The summed E-state index contributed by atoms with van der Waals surface area (Å²) in [6, 6.07) is 17.7. The van der Waals surface area contributed by atoms with Gasteiger partial charge in [-0.1, -0.05) is 44.5 Å². The molecule has 6 rings (SSSR count). The van der Waals surface area contributed by atoms with Gasteiger partial charge in [-0.25, -0.2) is 4.98 Å². The average molecular weight is 537 g/mol. The number of pyridine rings is 1. The van der Waals surface area contributed by atoms with Crippen LogP contribution in [0.1, 0.15) is 68.5 Å². The van der Waals surface area contributed by atoms with E-state index in [1.54, 1.807) is 0 Å². The molecule has 40 heavy (non-hydrogen) atoms. The first-order valence-electron chi connectivity index (χ1n) is 15.0. The Morgan fingerprint density at radius 1 is 0.900 bits per heavy atom. The molecular weight excluding hydrogens is 496 g/mol. The van der Waals surface area contributed by atoms with Crippen molar-refractivity contribution < 1.29 is 9.47 Å². The number of benzene rings is 2. The van der Waals surface area contributed by atoms with Crippen molar-refractivity contribution in [1.82, 2.24) is 19.4 Å². The Bertz CT molecular complexity index is 1440. The summed E-state index contributed by atoms with van der Waals surface area (Å²) in [5.41, 5.74) is 8.70. The van der Waals surface area contributed by atoms with Crippen LogP contribution in [0.15, 0.2) is 60.9 Å². The highest BCUT2D eigenvalue weighted by Gasteiger charge is 2.29. The molecule has 0 N–H and O–H groups in total. The first kappa shape index (κ1) is 26.6. The highest BCUT2D eigenvalue weighted by atomic mass is 16.6. The summed E-state index contributed by atoms with van der Waals surface area (Å²) in [4.78, 5) is 12.5. The molecule has 0 amide bonds. The normalized spacial score (nSPS) is 17.2. The van der Waals surface area contributed by atoms with Crippen LogP contribution in [0.3, 0.4) is 0 Å². The van der Waals surface area contributed by atoms with Crippen molar-refractivity contribution >= 4 is 0 Å².